The summed E-state index contributed by atoms with van der Waals surface area (Å²) >= 11 is 0. The van der Waals surface area contributed by atoms with Crippen molar-refractivity contribution in [3.63, 3.8) is 0 Å². The zero-order chi connectivity index (χ0) is 24.9. The average molecular weight is 489 g/mol. The third-order valence-electron chi connectivity index (χ3n) is 5.96. The first-order chi connectivity index (χ1) is 16.1. The summed E-state index contributed by atoms with van der Waals surface area (Å²) in [5.41, 5.74) is 1.24. The van der Waals surface area contributed by atoms with Gasteiger partial charge in [0.1, 0.15) is 22.6 Å². The molecule has 2 aromatic carbocycles. The summed E-state index contributed by atoms with van der Waals surface area (Å²) in [5.74, 6) is 5.80. The fourth-order valence-electron chi connectivity index (χ4n) is 3.98. The van der Waals surface area contributed by atoms with Crippen molar-refractivity contribution in [3.8, 4) is 17.6 Å². The highest BCUT2D eigenvalue weighted by atomic mass is 32.2. The Hall–Kier alpha value is -2.44. The van der Waals surface area contributed by atoms with Gasteiger partial charge in [0, 0.05) is 36.2 Å². The van der Waals surface area contributed by atoms with E-state index in [1.54, 1.807) is 31.2 Å². The van der Waals surface area contributed by atoms with E-state index in [1.807, 2.05) is 14.0 Å². The van der Waals surface area contributed by atoms with Crippen LogP contribution in [0.1, 0.15) is 38.3 Å². The van der Waals surface area contributed by atoms with Crippen molar-refractivity contribution in [1.82, 2.24) is 9.21 Å². The van der Waals surface area contributed by atoms with Gasteiger partial charge in [0.05, 0.1) is 6.61 Å². The van der Waals surface area contributed by atoms with Gasteiger partial charge in [-0.15, -0.1) is 0 Å². The summed E-state index contributed by atoms with van der Waals surface area (Å²) in [5, 5.41) is 9.75. The number of hydrogen-bond donors (Lipinski definition) is 1. The molecule has 3 rings (SSSR count). The molecule has 0 unspecified atom stereocenters. The monoisotopic (exact) mass is 488 g/mol. The Kier molecular flexibility index (Phi) is 8.72. The molecule has 0 amide bonds. The van der Waals surface area contributed by atoms with Crippen LogP contribution in [0, 0.1) is 23.6 Å². The van der Waals surface area contributed by atoms with Crippen LogP contribution < -0.4 is 4.74 Å². The number of nitrogens with zero attached hydrogens (tertiary/aromatic N) is 2. The van der Waals surface area contributed by atoms with E-state index in [0.717, 1.165) is 13.0 Å². The first-order valence-corrected chi connectivity index (χ1v) is 13.0. The van der Waals surface area contributed by atoms with E-state index < -0.39 is 16.1 Å². The second-order valence-electron chi connectivity index (χ2n) is 8.92. The van der Waals surface area contributed by atoms with Crippen molar-refractivity contribution < 1.29 is 22.7 Å². The van der Waals surface area contributed by atoms with E-state index in [4.69, 9.17) is 4.74 Å². The molecule has 0 fully saturated rings. The van der Waals surface area contributed by atoms with Gasteiger partial charge in [-0.2, -0.15) is 4.31 Å². The number of ether oxygens (including phenoxy) is 1. The lowest BCUT2D eigenvalue weighted by Gasteiger charge is -2.37. The Bertz CT molecular complexity index is 1140. The molecule has 8 heteroatoms. The van der Waals surface area contributed by atoms with Crippen molar-refractivity contribution in [2.75, 3.05) is 33.3 Å². The Balaban J connectivity index is 2.04. The van der Waals surface area contributed by atoms with Crippen LogP contribution in [-0.4, -0.2) is 68.2 Å². The molecule has 0 spiro atoms. The summed E-state index contributed by atoms with van der Waals surface area (Å²) in [6.07, 6.45) is 0.749. The number of halogens is 1. The van der Waals surface area contributed by atoms with Gasteiger partial charge in [0.2, 0.25) is 10.0 Å². The lowest BCUT2D eigenvalue weighted by atomic mass is 10.0. The molecule has 0 saturated carbocycles. The number of rotatable bonds is 6. The van der Waals surface area contributed by atoms with Crippen molar-refractivity contribution in [1.29, 1.82) is 0 Å². The van der Waals surface area contributed by atoms with Crippen molar-refractivity contribution in [2.24, 2.45) is 5.92 Å². The SMILES string of the molecule is CCCN(C)C[C@H]1Oc2cc(C#Cc3ccc(F)cc3)ccc2S(=O)(=O)N([C@H](C)CO)C[C@H]1C. The number of fused-ring (bicyclic) bond motifs is 1. The number of benzene rings is 2. The van der Waals surface area contributed by atoms with Gasteiger partial charge in [-0.25, -0.2) is 12.8 Å². The van der Waals surface area contributed by atoms with Crippen LogP contribution in [0.4, 0.5) is 4.39 Å². The minimum absolute atomic E-state index is 0.0650. The minimum atomic E-state index is -3.89. The molecule has 2 aromatic rings. The van der Waals surface area contributed by atoms with Crippen molar-refractivity contribution in [3.05, 3.63) is 59.4 Å². The second kappa shape index (κ2) is 11.3. The van der Waals surface area contributed by atoms with Gasteiger partial charge in [-0.3, -0.25) is 0 Å². The molecule has 0 saturated heterocycles. The van der Waals surface area contributed by atoms with E-state index in [1.165, 1.54) is 22.5 Å². The molecule has 34 heavy (non-hydrogen) atoms. The maximum Gasteiger partial charge on any atom is 0.247 e. The molecule has 0 aliphatic carbocycles. The molecular formula is C26H33FN2O4S. The zero-order valence-corrected chi connectivity index (χ0v) is 21.0. The predicted octanol–water partition coefficient (Wildman–Crippen LogP) is 3.34. The van der Waals surface area contributed by atoms with Gasteiger partial charge in [-0.1, -0.05) is 25.7 Å². The van der Waals surface area contributed by atoms with Crippen LogP contribution in [0.25, 0.3) is 0 Å². The number of sulfonamides is 1. The Labute approximate surface area is 202 Å². The summed E-state index contributed by atoms with van der Waals surface area (Å²) < 4.78 is 47.9. The van der Waals surface area contributed by atoms with Crippen LogP contribution in [-0.2, 0) is 10.0 Å². The molecule has 3 atom stereocenters. The molecule has 1 aliphatic heterocycles. The van der Waals surface area contributed by atoms with Gasteiger partial charge in [0.15, 0.2) is 0 Å². The van der Waals surface area contributed by atoms with E-state index in [2.05, 4.69) is 23.7 Å². The second-order valence-corrected chi connectivity index (χ2v) is 10.8. The van der Waals surface area contributed by atoms with E-state index in [9.17, 15) is 17.9 Å². The molecule has 184 valence electrons. The summed E-state index contributed by atoms with van der Waals surface area (Å²) in [7, 11) is -1.87. The Morgan fingerprint density at radius 3 is 2.50 bits per heavy atom. The molecule has 6 nitrogen and oxygen atoms in total. The lowest BCUT2D eigenvalue weighted by Crippen LogP contribution is -2.49. The minimum Gasteiger partial charge on any atom is -0.487 e. The molecule has 1 N–H and O–H groups in total. The third kappa shape index (κ3) is 6.16. The smallest absolute Gasteiger partial charge is 0.247 e. The van der Waals surface area contributed by atoms with E-state index >= 15 is 0 Å². The number of aliphatic hydroxyl groups is 1. The highest BCUT2D eigenvalue weighted by Gasteiger charge is 2.38. The van der Waals surface area contributed by atoms with Crippen LogP contribution in [0.3, 0.4) is 0 Å². The van der Waals surface area contributed by atoms with E-state index in [0.29, 0.717) is 17.7 Å². The maximum absolute atomic E-state index is 13.5. The first-order valence-electron chi connectivity index (χ1n) is 11.5. The van der Waals surface area contributed by atoms with Crippen LogP contribution in [0.2, 0.25) is 0 Å². The molecule has 1 aliphatic rings. The fourth-order valence-corrected chi connectivity index (χ4v) is 5.80. The summed E-state index contributed by atoms with van der Waals surface area (Å²) in [6, 6.07) is 10.1. The number of likely N-dealkylation sites (N-methyl/N-ethyl adjacent to an activating group) is 1. The molecule has 0 aromatic heterocycles. The topological polar surface area (TPSA) is 70.1 Å². The predicted molar refractivity (Wildman–Crippen MR) is 131 cm³/mol. The molecule has 0 radical (unpaired) electrons. The van der Waals surface area contributed by atoms with E-state index in [-0.39, 0.29) is 41.6 Å². The van der Waals surface area contributed by atoms with Gasteiger partial charge in [0.25, 0.3) is 0 Å². The Morgan fingerprint density at radius 2 is 1.85 bits per heavy atom. The lowest BCUT2D eigenvalue weighted by molar-refractivity contribution is 0.0752. The fraction of sp³-hybridized carbons (Fsp3) is 0.462. The van der Waals surface area contributed by atoms with Crippen LogP contribution in [0.15, 0.2) is 47.4 Å². The number of aliphatic hydroxyl groups excluding tert-OH is 1. The normalized spacial score (nSPS) is 20.9. The maximum atomic E-state index is 13.5. The van der Waals surface area contributed by atoms with Gasteiger partial charge >= 0.3 is 0 Å². The van der Waals surface area contributed by atoms with Gasteiger partial charge in [-0.05, 0) is 69.4 Å². The largest absolute Gasteiger partial charge is 0.487 e. The number of hydrogen-bond acceptors (Lipinski definition) is 5. The highest BCUT2D eigenvalue weighted by Crippen LogP contribution is 2.34. The zero-order valence-electron chi connectivity index (χ0n) is 20.2. The highest BCUT2D eigenvalue weighted by molar-refractivity contribution is 7.89. The summed E-state index contributed by atoms with van der Waals surface area (Å²) in [6.45, 7) is 7.30. The molecule has 0 bridgehead atoms. The average Bonchev–Trinajstić information content (AvgIpc) is 2.80. The third-order valence-corrected chi connectivity index (χ3v) is 7.98. The standard InChI is InChI=1S/C26H33FN2O4S/c1-5-14-28(4)17-25-19(2)16-29(20(3)18-30)34(31,32)26-13-10-22(15-24(26)33-25)7-6-21-8-11-23(27)12-9-21/h8-13,15,19-20,25,30H,5,14,16-18H2,1-4H3/t19-,20-,25-/m1/s1. The quantitative estimate of drug-likeness (QED) is 0.632. The van der Waals surface area contributed by atoms with Gasteiger partial charge < -0.3 is 14.7 Å². The first kappa shape index (κ1) is 26.2. The van der Waals surface area contributed by atoms with Crippen molar-refractivity contribution >= 4 is 10.0 Å². The molecular weight excluding hydrogens is 455 g/mol. The Morgan fingerprint density at radius 1 is 1.21 bits per heavy atom. The molecule has 1 heterocycles. The van der Waals surface area contributed by atoms with Crippen molar-refractivity contribution in [2.45, 2.75) is 44.2 Å². The van der Waals surface area contributed by atoms with Crippen LogP contribution >= 0.6 is 0 Å². The summed E-state index contributed by atoms with van der Waals surface area (Å²) in [4.78, 5) is 2.24. The van der Waals surface area contributed by atoms with Crippen LogP contribution in [0.5, 0.6) is 5.75 Å².